The molecule has 2 bridgehead atoms. The summed E-state index contributed by atoms with van der Waals surface area (Å²) in [7, 11) is 0. The molecule has 3 heterocycles. The van der Waals surface area contributed by atoms with Gasteiger partial charge in [-0.05, 0) is 30.2 Å². The van der Waals surface area contributed by atoms with E-state index < -0.39 is 0 Å². The van der Waals surface area contributed by atoms with Gasteiger partial charge in [0, 0.05) is 43.3 Å². The number of anilines is 1. The second kappa shape index (κ2) is 4.38. The highest BCUT2D eigenvalue weighted by Gasteiger charge is 2.37. The van der Waals surface area contributed by atoms with Gasteiger partial charge in [-0.3, -0.25) is 4.68 Å². The van der Waals surface area contributed by atoms with Crippen LogP contribution in [-0.2, 0) is 6.54 Å². The van der Waals surface area contributed by atoms with Crippen molar-refractivity contribution in [2.45, 2.75) is 25.0 Å². The molecule has 98 valence electrons. The normalized spacial score (nSPS) is 25.2. The zero-order valence-corrected chi connectivity index (χ0v) is 10.9. The predicted octanol–water partition coefficient (Wildman–Crippen LogP) is 1.48. The molecule has 0 radical (unpaired) electrons. The summed E-state index contributed by atoms with van der Waals surface area (Å²) in [5.41, 5.74) is 2.68. The lowest BCUT2D eigenvalue weighted by atomic mass is 10.1. The number of rotatable bonds is 3. The van der Waals surface area contributed by atoms with Gasteiger partial charge in [-0.1, -0.05) is 12.1 Å². The fourth-order valence-electron chi connectivity index (χ4n) is 3.29. The van der Waals surface area contributed by atoms with E-state index in [-0.39, 0.29) is 0 Å². The van der Waals surface area contributed by atoms with E-state index in [1.165, 1.54) is 17.7 Å². The Labute approximate surface area is 113 Å². The van der Waals surface area contributed by atoms with Crippen LogP contribution in [0.2, 0.25) is 0 Å². The van der Waals surface area contributed by atoms with Crippen LogP contribution in [0.15, 0.2) is 42.7 Å². The number of benzene rings is 1. The van der Waals surface area contributed by atoms with Crippen molar-refractivity contribution in [3.63, 3.8) is 0 Å². The second-order valence-corrected chi connectivity index (χ2v) is 5.52. The largest absolute Gasteiger partial charge is 0.366 e. The maximum atomic E-state index is 4.27. The molecule has 2 saturated heterocycles. The molecule has 2 atom stereocenters. The Morgan fingerprint density at radius 1 is 1.32 bits per heavy atom. The number of piperazine rings is 1. The van der Waals surface area contributed by atoms with Crippen LogP contribution in [-0.4, -0.2) is 35.0 Å². The molecule has 1 N–H and O–H groups in total. The Morgan fingerprint density at radius 2 is 2.32 bits per heavy atom. The van der Waals surface area contributed by atoms with Crippen molar-refractivity contribution in [1.29, 1.82) is 0 Å². The maximum absolute atomic E-state index is 4.27. The summed E-state index contributed by atoms with van der Waals surface area (Å²) < 4.78 is 1.97. The molecule has 1 aromatic carbocycles. The number of hydrogen-bond donors (Lipinski definition) is 1. The SMILES string of the molecule is c1cc(Cn2cccn2)cc(N2C[C@@H]3C[C@H]2CN3)c1. The third kappa shape index (κ3) is 2.02. The summed E-state index contributed by atoms with van der Waals surface area (Å²) in [4.78, 5) is 2.55. The van der Waals surface area contributed by atoms with Crippen molar-refractivity contribution in [2.24, 2.45) is 0 Å². The van der Waals surface area contributed by atoms with Crippen molar-refractivity contribution < 1.29 is 0 Å². The van der Waals surface area contributed by atoms with Gasteiger partial charge in [0.05, 0.1) is 6.54 Å². The topological polar surface area (TPSA) is 33.1 Å². The molecule has 1 aromatic heterocycles. The molecule has 2 fully saturated rings. The van der Waals surface area contributed by atoms with Crippen molar-refractivity contribution in [1.82, 2.24) is 15.1 Å². The highest BCUT2D eigenvalue weighted by molar-refractivity contribution is 5.52. The van der Waals surface area contributed by atoms with E-state index in [1.54, 1.807) is 0 Å². The van der Waals surface area contributed by atoms with Crippen LogP contribution in [0.1, 0.15) is 12.0 Å². The molecular weight excluding hydrogens is 236 g/mol. The first-order valence-corrected chi connectivity index (χ1v) is 6.95. The average Bonchev–Trinajstić information content (AvgIpc) is 3.16. The summed E-state index contributed by atoms with van der Waals surface area (Å²) in [5, 5.41) is 7.82. The summed E-state index contributed by atoms with van der Waals surface area (Å²) in [5.74, 6) is 0. The molecule has 0 spiro atoms. The molecule has 0 amide bonds. The Morgan fingerprint density at radius 3 is 3.05 bits per heavy atom. The molecule has 2 aromatic rings. The second-order valence-electron chi connectivity index (χ2n) is 5.52. The van der Waals surface area contributed by atoms with Gasteiger partial charge in [0.25, 0.3) is 0 Å². The number of nitrogens with zero attached hydrogens (tertiary/aromatic N) is 3. The van der Waals surface area contributed by atoms with Gasteiger partial charge in [-0.2, -0.15) is 5.10 Å². The monoisotopic (exact) mass is 254 g/mol. The fraction of sp³-hybridized carbons (Fsp3) is 0.400. The third-order valence-electron chi connectivity index (χ3n) is 4.20. The molecular formula is C15H18N4. The summed E-state index contributed by atoms with van der Waals surface area (Å²) in [6, 6.07) is 12.2. The maximum Gasteiger partial charge on any atom is 0.0660 e. The molecule has 0 aliphatic carbocycles. The van der Waals surface area contributed by atoms with Crippen molar-refractivity contribution in [3.05, 3.63) is 48.3 Å². The van der Waals surface area contributed by atoms with Crippen LogP contribution < -0.4 is 10.2 Å². The van der Waals surface area contributed by atoms with E-state index in [1.807, 2.05) is 23.1 Å². The van der Waals surface area contributed by atoms with Crippen LogP contribution >= 0.6 is 0 Å². The fourth-order valence-corrected chi connectivity index (χ4v) is 3.29. The van der Waals surface area contributed by atoms with E-state index in [0.29, 0.717) is 12.1 Å². The summed E-state index contributed by atoms with van der Waals surface area (Å²) in [6.45, 7) is 3.13. The molecule has 0 saturated carbocycles. The smallest absolute Gasteiger partial charge is 0.0660 e. The van der Waals surface area contributed by atoms with E-state index in [0.717, 1.165) is 19.6 Å². The quantitative estimate of drug-likeness (QED) is 0.900. The van der Waals surface area contributed by atoms with Crippen LogP contribution in [0.25, 0.3) is 0 Å². The lowest BCUT2D eigenvalue weighted by Gasteiger charge is -2.29. The average molecular weight is 254 g/mol. The van der Waals surface area contributed by atoms with Crippen molar-refractivity contribution >= 4 is 5.69 Å². The zero-order chi connectivity index (χ0) is 12.7. The Bertz CT molecular complexity index is 563. The number of hydrogen-bond acceptors (Lipinski definition) is 3. The first-order valence-electron chi connectivity index (χ1n) is 6.95. The van der Waals surface area contributed by atoms with E-state index in [2.05, 4.69) is 39.6 Å². The van der Waals surface area contributed by atoms with Crippen LogP contribution in [0.4, 0.5) is 5.69 Å². The number of fused-ring (bicyclic) bond motifs is 2. The Hall–Kier alpha value is -1.81. The zero-order valence-electron chi connectivity index (χ0n) is 10.9. The third-order valence-corrected chi connectivity index (χ3v) is 4.20. The van der Waals surface area contributed by atoms with Crippen LogP contribution in [0.3, 0.4) is 0 Å². The van der Waals surface area contributed by atoms with Gasteiger partial charge in [0.15, 0.2) is 0 Å². The predicted molar refractivity (Wildman–Crippen MR) is 75.3 cm³/mol. The van der Waals surface area contributed by atoms with Crippen molar-refractivity contribution in [3.8, 4) is 0 Å². The first-order chi connectivity index (χ1) is 9.38. The number of nitrogens with one attached hydrogen (secondary N) is 1. The van der Waals surface area contributed by atoms with Gasteiger partial charge in [-0.25, -0.2) is 0 Å². The standard InChI is InChI=1S/C15H18N4/c1-3-12(10-18-6-2-5-17-18)7-14(4-1)19-11-13-8-15(19)9-16-13/h1-7,13,15-16H,8-11H2/t13-,15-/m0/s1. The molecule has 2 aliphatic heterocycles. The minimum atomic E-state index is 0.685. The molecule has 0 unspecified atom stereocenters. The van der Waals surface area contributed by atoms with Gasteiger partial charge in [-0.15, -0.1) is 0 Å². The first kappa shape index (κ1) is 11.1. The molecule has 2 aliphatic rings. The summed E-state index contributed by atoms with van der Waals surface area (Å²) >= 11 is 0. The lowest BCUT2D eigenvalue weighted by Crippen LogP contribution is -2.43. The van der Waals surface area contributed by atoms with Crippen molar-refractivity contribution in [2.75, 3.05) is 18.0 Å². The van der Waals surface area contributed by atoms with Crippen LogP contribution in [0, 0.1) is 0 Å². The molecule has 4 heteroatoms. The Balaban J connectivity index is 1.57. The molecule has 4 nitrogen and oxygen atoms in total. The number of aromatic nitrogens is 2. The lowest BCUT2D eigenvalue weighted by molar-refractivity contribution is 0.580. The van der Waals surface area contributed by atoms with Gasteiger partial charge in [0.1, 0.15) is 0 Å². The molecule has 4 rings (SSSR count). The van der Waals surface area contributed by atoms with E-state index >= 15 is 0 Å². The van der Waals surface area contributed by atoms with E-state index in [4.69, 9.17) is 0 Å². The van der Waals surface area contributed by atoms with E-state index in [9.17, 15) is 0 Å². The summed E-state index contributed by atoms with van der Waals surface area (Å²) in [6.07, 6.45) is 5.13. The molecule has 19 heavy (non-hydrogen) atoms. The highest BCUT2D eigenvalue weighted by Crippen LogP contribution is 2.29. The van der Waals surface area contributed by atoms with Gasteiger partial charge >= 0.3 is 0 Å². The Kier molecular flexibility index (Phi) is 2.55. The van der Waals surface area contributed by atoms with Crippen LogP contribution in [0.5, 0.6) is 0 Å². The minimum absolute atomic E-state index is 0.685. The van der Waals surface area contributed by atoms with Gasteiger partial charge in [0.2, 0.25) is 0 Å². The van der Waals surface area contributed by atoms with Gasteiger partial charge < -0.3 is 10.2 Å². The highest BCUT2D eigenvalue weighted by atomic mass is 15.3. The minimum Gasteiger partial charge on any atom is -0.366 e.